The van der Waals surface area contributed by atoms with Crippen molar-refractivity contribution < 1.29 is 4.74 Å². The van der Waals surface area contributed by atoms with Crippen molar-refractivity contribution >= 4 is 46.3 Å². The first-order valence-corrected chi connectivity index (χ1v) is 11.7. The standard InChI is InChI=1S/C23H35N5OS.HI/c1-4-24-23(26-20-10-12-28(13-11-20)22-9-6-16-30-22)25-18-19-7-5-8-21(17-19)29-15-14-27(2)3;/h5-9,16-17,20H,4,10-15,18H2,1-3H3,(H2,24,25,26);1H. The first-order valence-electron chi connectivity index (χ1n) is 10.8. The number of aliphatic imine (C=N–C) groups is 1. The zero-order chi connectivity index (χ0) is 21.2. The third kappa shape index (κ3) is 8.86. The highest BCUT2D eigenvalue weighted by Gasteiger charge is 2.20. The van der Waals surface area contributed by atoms with E-state index in [1.54, 1.807) is 0 Å². The van der Waals surface area contributed by atoms with Crippen molar-refractivity contribution in [2.45, 2.75) is 32.4 Å². The van der Waals surface area contributed by atoms with E-state index in [0.717, 1.165) is 56.3 Å². The number of anilines is 1. The van der Waals surface area contributed by atoms with E-state index >= 15 is 0 Å². The second-order valence-electron chi connectivity index (χ2n) is 7.85. The molecule has 0 saturated carbocycles. The summed E-state index contributed by atoms with van der Waals surface area (Å²) in [5, 5.41) is 10.6. The lowest BCUT2D eigenvalue weighted by Gasteiger charge is -2.33. The van der Waals surface area contributed by atoms with Crippen LogP contribution in [0.1, 0.15) is 25.3 Å². The van der Waals surface area contributed by atoms with Crippen LogP contribution in [-0.4, -0.2) is 63.8 Å². The van der Waals surface area contributed by atoms with Crippen molar-refractivity contribution in [2.75, 3.05) is 51.8 Å². The molecule has 8 heteroatoms. The van der Waals surface area contributed by atoms with Gasteiger partial charge in [0.1, 0.15) is 12.4 Å². The Balaban J connectivity index is 0.00000341. The maximum absolute atomic E-state index is 5.85. The molecule has 0 aliphatic carbocycles. The van der Waals surface area contributed by atoms with E-state index in [1.807, 2.05) is 23.5 Å². The molecular weight excluding hydrogens is 521 g/mol. The summed E-state index contributed by atoms with van der Waals surface area (Å²) in [5.74, 6) is 1.80. The lowest BCUT2D eigenvalue weighted by Crippen LogP contribution is -2.48. The van der Waals surface area contributed by atoms with Crippen LogP contribution in [0.3, 0.4) is 0 Å². The Morgan fingerprint density at radius 2 is 2.03 bits per heavy atom. The Kier molecular flexibility index (Phi) is 11.5. The summed E-state index contributed by atoms with van der Waals surface area (Å²) in [7, 11) is 4.10. The van der Waals surface area contributed by atoms with Gasteiger partial charge in [-0.2, -0.15) is 0 Å². The molecule has 2 aromatic rings. The highest BCUT2D eigenvalue weighted by molar-refractivity contribution is 14.0. The molecule has 2 heterocycles. The van der Waals surface area contributed by atoms with Gasteiger partial charge in [0, 0.05) is 32.2 Å². The van der Waals surface area contributed by atoms with Gasteiger partial charge < -0.3 is 25.2 Å². The molecule has 1 aliphatic heterocycles. The number of rotatable bonds is 9. The summed E-state index contributed by atoms with van der Waals surface area (Å²) < 4.78 is 5.85. The molecule has 1 fully saturated rings. The van der Waals surface area contributed by atoms with Gasteiger partial charge in [-0.25, -0.2) is 4.99 Å². The molecule has 0 spiro atoms. The van der Waals surface area contributed by atoms with Crippen LogP contribution in [0, 0.1) is 0 Å². The van der Waals surface area contributed by atoms with E-state index in [4.69, 9.17) is 9.73 Å². The van der Waals surface area contributed by atoms with Crippen LogP contribution < -0.4 is 20.3 Å². The molecular formula is C23H36IN5OS. The number of hydrogen-bond acceptors (Lipinski definition) is 5. The number of nitrogens with one attached hydrogen (secondary N) is 2. The minimum absolute atomic E-state index is 0. The highest BCUT2D eigenvalue weighted by atomic mass is 127. The van der Waals surface area contributed by atoms with E-state index in [1.165, 1.54) is 5.00 Å². The molecule has 6 nitrogen and oxygen atoms in total. The third-order valence-electron chi connectivity index (χ3n) is 5.12. The predicted octanol–water partition coefficient (Wildman–Crippen LogP) is 4.03. The van der Waals surface area contributed by atoms with Crippen LogP contribution in [0.5, 0.6) is 5.75 Å². The van der Waals surface area contributed by atoms with Crippen LogP contribution in [0.15, 0.2) is 46.8 Å². The van der Waals surface area contributed by atoms with Crippen molar-refractivity contribution in [3.63, 3.8) is 0 Å². The van der Waals surface area contributed by atoms with Gasteiger partial charge in [-0.3, -0.25) is 0 Å². The number of thiophene rings is 1. The van der Waals surface area contributed by atoms with Crippen LogP contribution in [0.25, 0.3) is 0 Å². The Bertz CT molecular complexity index is 776. The Morgan fingerprint density at radius 3 is 2.71 bits per heavy atom. The fraction of sp³-hybridized carbons (Fsp3) is 0.522. The number of guanidine groups is 1. The normalized spacial score (nSPS) is 15.0. The molecule has 0 amide bonds. The van der Waals surface area contributed by atoms with Gasteiger partial charge in [-0.05, 0) is 69.1 Å². The monoisotopic (exact) mass is 557 g/mol. The van der Waals surface area contributed by atoms with E-state index in [-0.39, 0.29) is 24.0 Å². The zero-order valence-electron chi connectivity index (χ0n) is 18.8. The molecule has 1 saturated heterocycles. The fourth-order valence-corrected chi connectivity index (χ4v) is 4.24. The molecule has 172 valence electrons. The van der Waals surface area contributed by atoms with Gasteiger partial charge in [0.25, 0.3) is 0 Å². The van der Waals surface area contributed by atoms with Crippen molar-refractivity contribution in [3.8, 4) is 5.75 Å². The number of benzene rings is 1. The third-order valence-corrected chi connectivity index (χ3v) is 6.05. The fourth-order valence-electron chi connectivity index (χ4n) is 3.46. The first kappa shape index (κ1) is 25.7. The van der Waals surface area contributed by atoms with Crippen molar-refractivity contribution in [3.05, 3.63) is 47.3 Å². The molecule has 31 heavy (non-hydrogen) atoms. The molecule has 0 radical (unpaired) electrons. The molecule has 1 aromatic heterocycles. The van der Waals surface area contributed by atoms with Crippen molar-refractivity contribution in [2.24, 2.45) is 4.99 Å². The summed E-state index contributed by atoms with van der Waals surface area (Å²) in [6, 6.07) is 13.0. The molecule has 0 bridgehead atoms. The molecule has 0 unspecified atom stereocenters. The highest BCUT2D eigenvalue weighted by Crippen LogP contribution is 2.24. The second kappa shape index (κ2) is 13.8. The quantitative estimate of drug-likeness (QED) is 0.277. The van der Waals surface area contributed by atoms with Crippen LogP contribution >= 0.6 is 35.3 Å². The average Bonchev–Trinajstić information content (AvgIpc) is 3.28. The number of nitrogens with zero attached hydrogens (tertiary/aromatic N) is 3. The topological polar surface area (TPSA) is 52.1 Å². The minimum Gasteiger partial charge on any atom is -0.492 e. The summed E-state index contributed by atoms with van der Waals surface area (Å²) in [6.45, 7) is 7.36. The van der Waals surface area contributed by atoms with Gasteiger partial charge in [-0.15, -0.1) is 35.3 Å². The lowest BCUT2D eigenvalue weighted by molar-refractivity contribution is 0.261. The van der Waals surface area contributed by atoms with Gasteiger partial charge in [0.15, 0.2) is 5.96 Å². The Hall–Kier alpha value is -1.52. The second-order valence-corrected chi connectivity index (χ2v) is 8.78. The van der Waals surface area contributed by atoms with E-state index < -0.39 is 0 Å². The smallest absolute Gasteiger partial charge is 0.191 e. The van der Waals surface area contributed by atoms with Crippen LogP contribution in [0.4, 0.5) is 5.00 Å². The predicted molar refractivity (Wildman–Crippen MR) is 143 cm³/mol. The van der Waals surface area contributed by atoms with Gasteiger partial charge >= 0.3 is 0 Å². The van der Waals surface area contributed by atoms with Gasteiger partial charge in [0.05, 0.1) is 11.5 Å². The minimum atomic E-state index is 0. The molecule has 0 atom stereocenters. The molecule has 2 N–H and O–H groups in total. The van der Waals surface area contributed by atoms with E-state index in [2.05, 4.69) is 71.1 Å². The maximum atomic E-state index is 5.85. The molecule has 1 aromatic carbocycles. The summed E-state index contributed by atoms with van der Waals surface area (Å²) in [6.07, 6.45) is 2.25. The summed E-state index contributed by atoms with van der Waals surface area (Å²) in [5.41, 5.74) is 1.15. The maximum Gasteiger partial charge on any atom is 0.191 e. The number of halogens is 1. The Labute approximate surface area is 208 Å². The van der Waals surface area contributed by atoms with E-state index in [9.17, 15) is 0 Å². The Morgan fingerprint density at radius 1 is 1.23 bits per heavy atom. The zero-order valence-corrected chi connectivity index (χ0v) is 22.0. The van der Waals surface area contributed by atoms with E-state index in [0.29, 0.717) is 19.2 Å². The SMILES string of the molecule is CCNC(=NCc1cccc(OCCN(C)C)c1)NC1CCN(c2cccs2)CC1.I. The number of hydrogen-bond donors (Lipinski definition) is 2. The number of piperidine rings is 1. The lowest BCUT2D eigenvalue weighted by atomic mass is 10.1. The average molecular weight is 558 g/mol. The molecule has 1 aliphatic rings. The number of likely N-dealkylation sites (N-methyl/N-ethyl adjacent to an activating group) is 1. The van der Waals surface area contributed by atoms with Gasteiger partial charge in [0.2, 0.25) is 0 Å². The number of ether oxygens (including phenoxy) is 1. The molecule has 3 rings (SSSR count). The van der Waals surface area contributed by atoms with Crippen molar-refractivity contribution in [1.29, 1.82) is 0 Å². The van der Waals surface area contributed by atoms with Crippen molar-refractivity contribution in [1.82, 2.24) is 15.5 Å². The van der Waals surface area contributed by atoms with Crippen LogP contribution in [0.2, 0.25) is 0 Å². The first-order chi connectivity index (χ1) is 14.6. The summed E-state index contributed by atoms with van der Waals surface area (Å²) in [4.78, 5) is 9.41. The van der Waals surface area contributed by atoms with Crippen LogP contribution in [-0.2, 0) is 6.54 Å². The largest absolute Gasteiger partial charge is 0.492 e. The summed E-state index contributed by atoms with van der Waals surface area (Å²) >= 11 is 1.82. The van der Waals surface area contributed by atoms with Gasteiger partial charge in [-0.1, -0.05) is 12.1 Å².